The number of pyridine rings is 1. The zero-order chi connectivity index (χ0) is 19.8. The number of benzene rings is 1. The van der Waals surface area contributed by atoms with E-state index in [0.717, 1.165) is 61.0 Å². The van der Waals surface area contributed by atoms with Crippen LogP contribution in [-0.4, -0.2) is 39.5 Å². The summed E-state index contributed by atoms with van der Waals surface area (Å²) in [5.41, 5.74) is 3.55. The van der Waals surface area contributed by atoms with E-state index in [1.807, 2.05) is 47.5 Å². The van der Waals surface area contributed by atoms with Gasteiger partial charge in [0, 0.05) is 36.5 Å². The van der Waals surface area contributed by atoms with E-state index < -0.39 is 0 Å². The molecule has 2 aliphatic rings. The van der Waals surface area contributed by atoms with Crippen LogP contribution < -0.4 is 4.74 Å². The highest BCUT2D eigenvalue weighted by molar-refractivity contribution is 5.95. The Morgan fingerprint density at radius 1 is 1.00 bits per heavy atom. The van der Waals surface area contributed by atoms with Gasteiger partial charge < -0.3 is 9.64 Å². The average molecular weight is 389 g/mol. The number of ether oxygens (including phenoxy) is 1. The van der Waals surface area contributed by atoms with Gasteiger partial charge in [-0.25, -0.2) is 4.52 Å². The summed E-state index contributed by atoms with van der Waals surface area (Å²) < 4.78 is 7.13. The molecule has 2 fully saturated rings. The fourth-order valence-corrected chi connectivity index (χ4v) is 3.86. The fraction of sp³-hybridized carbons (Fsp3) is 0.348. The number of esters is 1. The average Bonchev–Trinajstić information content (AvgIpc) is 3.54. The van der Waals surface area contributed by atoms with Crippen molar-refractivity contribution in [2.45, 2.75) is 32.1 Å². The lowest BCUT2D eigenvalue weighted by molar-refractivity contribution is -0.136. The Bertz CT molecular complexity index is 1060. The lowest BCUT2D eigenvalue weighted by Crippen LogP contribution is -2.35. The molecular formula is C23H23N3O3. The summed E-state index contributed by atoms with van der Waals surface area (Å²) in [7, 11) is 0. The second-order valence-electron chi connectivity index (χ2n) is 7.86. The van der Waals surface area contributed by atoms with Crippen molar-refractivity contribution in [1.29, 1.82) is 0 Å². The zero-order valence-corrected chi connectivity index (χ0v) is 16.2. The topological polar surface area (TPSA) is 63.9 Å². The van der Waals surface area contributed by atoms with Crippen molar-refractivity contribution in [3.05, 3.63) is 54.2 Å². The molecule has 1 saturated heterocycles. The lowest BCUT2D eigenvalue weighted by atomic mass is 10.0. The van der Waals surface area contributed by atoms with E-state index >= 15 is 0 Å². The molecule has 0 atom stereocenters. The highest BCUT2D eigenvalue weighted by atomic mass is 16.5. The first-order chi connectivity index (χ1) is 14.2. The van der Waals surface area contributed by atoms with E-state index in [0.29, 0.717) is 5.88 Å². The molecular weight excluding hydrogens is 366 g/mol. The highest BCUT2D eigenvalue weighted by Gasteiger charge is 2.32. The van der Waals surface area contributed by atoms with Gasteiger partial charge >= 0.3 is 5.97 Å². The van der Waals surface area contributed by atoms with Crippen LogP contribution in [0.1, 0.15) is 42.5 Å². The van der Waals surface area contributed by atoms with Crippen LogP contribution in [0.5, 0.6) is 5.88 Å². The summed E-state index contributed by atoms with van der Waals surface area (Å²) in [5.74, 6) is 0.263. The van der Waals surface area contributed by atoms with Crippen LogP contribution in [0.3, 0.4) is 0 Å². The maximum absolute atomic E-state index is 12.7. The standard InChI is InChI=1S/C23H23N3O3/c27-22(25-12-2-1-3-13-25)17-8-6-16(7-9-17)19-5-4-14-26-20(19)15-21(24-26)29-23(28)18-10-11-18/h4-9,14-15,18H,1-3,10-13H2. The van der Waals surface area contributed by atoms with E-state index in [2.05, 4.69) is 5.10 Å². The van der Waals surface area contributed by atoms with Crippen molar-refractivity contribution in [2.24, 2.45) is 5.92 Å². The molecule has 2 aromatic heterocycles. The number of piperidine rings is 1. The van der Waals surface area contributed by atoms with Gasteiger partial charge in [-0.2, -0.15) is 0 Å². The van der Waals surface area contributed by atoms with Gasteiger partial charge in [0.05, 0.1) is 11.4 Å². The Labute approximate surface area is 169 Å². The number of rotatable bonds is 4. The van der Waals surface area contributed by atoms with Crippen LogP contribution >= 0.6 is 0 Å². The Morgan fingerprint density at radius 2 is 1.76 bits per heavy atom. The molecule has 29 heavy (non-hydrogen) atoms. The van der Waals surface area contributed by atoms with Crippen molar-refractivity contribution in [3.63, 3.8) is 0 Å². The number of carbonyl (C=O) groups excluding carboxylic acids is 2. The summed E-state index contributed by atoms with van der Waals surface area (Å²) in [5, 5.41) is 4.37. The first-order valence-electron chi connectivity index (χ1n) is 10.3. The van der Waals surface area contributed by atoms with Crippen molar-refractivity contribution in [2.75, 3.05) is 13.1 Å². The number of amides is 1. The van der Waals surface area contributed by atoms with Crippen molar-refractivity contribution < 1.29 is 14.3 Å². The SMILES string of the molecule is O=C(Oc1cc2c(-c3ccc(C(=O)N4CCCCC4)cc3)cccn2n1)C1CC1. The number of aromatic nitrogens is 2. The third-order valence-electron chi connectivity index (χ3n) is 5.68. The first kappa shape index (κ1) is 17.9. The Morgan fingerprint density at radius 3 is 2.48 bits per heavy atom. The summed E-state index contributed by atoms with van der Waals surface area (Å²) >= 11 is 0. The molecule has 0 N–H and O–H groups in total. The molecule has 6 heteroatoms. The van der Waals surface area contributed by atoms with E-state index in [9.17, 15) is 9.59 Å². The Hall–Kier alpha value is -3.15. The second-order valence-corrected chi connectivity index (χ2v) is 7.86. The van der Waals surface area contributed by atoms with Gasteiger partial charge in [0.2, 0.25) is 5.88 Å². The van der Waals surface area contributed by atoms with Gasteiger partial charge in [-0.1, -0.05) is 18.2 Å². The maximum Gasteiger partial charge on any atom is 0.315 e. The number of likely N-dealkylation sites (tertiary alicyclic amines) is 1. The molecule has 1 aromatic carbocycles. The van der Waals surface area contributed by atoms with Crippen LogP contribution in [0.15, 0.2) is 48.7 Å². The normalized spacial score (nSPS) is 16.8. The molecule has 0 bridgehead atoms. The Balaban J connectivity index is 1.40. The zero-order valence-electron chi connectivity index (χ0n) is 16.2. The molecule has 3 aromatic rings. The largest absolute Gasteiger partial charge is 0.406 e. The molecule has 0 unspecified atom stereocenters. The molecule has 0 radical (unpaired) electrons. The molecule has 0 spiro atoms. The van der Waals surface area contributed by atoms with Crippen LogP contribution in [0.4, 0.5) is 0 Å². The molecule has 1 amide bonds. The summed E-state index contributed by atoms with van der Waals surface area (Å²) in [4.78, 5) is 26.6. The minimum absolute atomic E-state index is 0.0317. The van der Waals surface area contributed by atoms with Crippen LogP contribution in [-0.2, 0) is 4.79 Å². The van der Waals surface area contributed by atoms with Crippen LogP contribution in [0.2, 0.25) is 0 Å². The minimum Gasteiger partial charge on any atom is -0.406 e. The summed E-state index contributed by atoms with van der Waals surface area (Å²) in [6.07, 6.45) is 7.01. The van der Waals surface area contributed by atoms with Gasteiger partial charge in [0.15, 0.2) is 0 Å². The van der Waals surface area contributed by atoms with Crippen LogP contribution in [0, 0.1) is 5.92 Å². The molecule has 1 aliphatic carbocycles. The number of fused-ring (bicyclic) bond motifs is 1. The number of hydrogen-bond donors (Lipinski definition) is 0. The third-order valence-corrected chi connectivity index (χ3v) is 5.68. The first-order valence-corrected chi connectivity index (χ1v) is 10.3. The van der Waals surface area contributed by atoms with Gasteiger partial charge in [-0.15, -0.1) is 5.10 Å². The van der Waals surface area contributed by atoms with Crippen molar-refractivity contribution in [1.82, 2.24) is 14.5 Å². The van der Waals surface area contributed by atoms with E-state index in [-0.39, 0.29) is 17.8 Å². The molecule has 1 saturated carbocycles. The van der Waals surface area contributed by atoms with Gasteiger partial charge in [-0.3, -0.25) is 9.59 Å². The van der Waals surface area contributed by atoms with Crippen molar-refractivity contribution >= 4 is 17.4 Å². The molecule has 5 rings (SSSR count). The van der Waals surface area contributed by atoms with Gasteiger partial charge in [0.1, 0.15) is 0 Å². The quantitative estimate of drug-likeness (QED) is 0.634. The number of hydrogen-bond acceptors (Lipinski definition) is 4. The smallest absolute Gasteiger partial charge is 0.315 e. The maximum atomic E-state index is 12.7. The summed E-state index contributed by atoms with van der Waals surface area (Å²) in [6, 6.07) is 13.4. The van der Waals surface area contributed by atoms with Crippen molar-refractivity contribution in [3.8, 4) is 17.0 Å². The van der Waals surface area contributed by atoms with E-state index in [4.69, 9.17) is 4.74 Å². The molecule has 1 aliphatic heterocycles. The van der Waals surface area contributed by atoms with Crippen LogP contribution in [0.25, 0.3) is 16.6 Å². The van der Waals surface area contributed by atoms with Gasteiger partial charge in [0.25, 0.3) is 5.91 Å². The monoisotopic (exact) mass is 389 g/mol. The summed E-state index contributed by atoms with van der Waals surface area (Å²) in [6.45, 7) is 1.69. The number of nitrogens with zero attached hydrogens (tertiary/aromatic N) is 3. The lowest BCUT2D eigenvalue weighted by Gasteiger charge is -2.26. The Kier molecular flexibility index (Phi) is 4.54. The molecule has 148 valence electrons. The van der Waals surface area contributed by atoms with Gasteiger partial charge in [-0.05, 0) is 55.9 Å². The fourth-order valence-electron chi connectivity index (χ4n) is 3.86. The minimum atomic E-state index is -0.199. The number of carbonyl (C=O) groups is 2. The molecule has 6 nitrogen and oxygen atoms in total. The third kappa shape index (κ3) is 3.62. The van der Waals surface area contributed by atoms with E-state index in [1.165, 1.54) is 6.42 Å². The predicted octanol–water partition coefficient (Wildman–Crippen LogP) is 3.94. The second kappa shape index (κ2) is 7.35. The highest BCUT2D eigenvalue weighted by Crippen LogP contribution is 2.32. The predicted molar refractivity (Wildman–Crippen MR) is 109 cm³/mol. The molecule has 3 heterocycles. The van der Waals surface area contributed by atoms with E-state index in [1.54, 1.807) is 10.6 Å².